The van der Waals surface area contributed by atoms with Gasteiger partial charge >= 0.3 is 12.3 Å². The van der Waals surface area contributed by atoms with Crippen LogP contribution in [-0.4, -0.2) is 49.1 Å². The van der Waals surface area contributed by atoms with Crippen LogP contribution in [0.15, 0.2) is 36.7 Å². The Hall–Kier alpha value is -3.09. The smallest absolute Gasteiger partial charge is 0.407 e. The minimum absolute atomic E-state index is 0.0702. The molecule has 1 fully saturated rings. The molecule has 1 aromatic heterocycles. The maximum absolute atomic E-state index is 12.4. The summed E-state index contributed by atoms with van der Waals surface area (Å²) in [5.74, 6) is 0.428. The van der Waals surface area contributed by atoms with Gasteiger partial charge in [0.05, 0.1) is 12.7 Å². The number of aromatic nitrogens is 2. The van der Waals surface area contributed by atoms with Gasteiger partial charge in [-0.05, 0) is 61.9 Å². The summed E-state index contributed by atoms with van der Waals surface area (Å²) < 4.78 is 67.4. The van der Waals surface area contributed by atoms with Crippen molar-refractivity contribution in [2.24, 2.45) is 0 Å². The van der Waals surface area contributed by atoms with Gasteiger partial charge in [-0.2, -0.15) is 13.2 Å². The monoisotopic (exact) mass is 501 g/mol. The Bertz CT molecular complexity index is 1080. The number of halogens is 3. The van der Waals surface area contributed by atoms with Gasteiger partial charge in [0.25, 0.3) is 0 Å². The number of rotatable bonds is 8. The molecule has 2 aromatic rings. The summed E-state index contributed by atoms with van der Waals surface area (Å²) in [5.41, 5.74) is 1.98. The van der Waals surface area contributed by atoms with Gasteiger partial charge in [0.2, 0.25) is 16.0 Å². The Kier molecular flexibility index (Phi) is 7.85. The minimum Gasteiger partial charge on any atom is -0.446 e. The molecule has 3 atom stereocenters. The number of hydrogen-bond acceptors (Lipinski definition) is 7. The molecule has 186 valence electrons. The van der Waals surface area contributed by atoms with E-state index in [1.165, 1.54) is 6.92 Å². The molecule has 3 N–H and O–H groups in total. The van der Waals surface area contributed by atoms with E-state index < -0.39 is 34.8 Å². The van der Waals surface area contributed by atoms with Gasteiger partial charge in [0.15, 0.2) is 0 Å². The van der Waals surface area contributed by atoms with Crippen LogP contribution in [0, 0.1) is 0 Å². The molecule has 0 spiro atoms. The van der Waals surface area contributed by atoms with Crippen molar-refractivity contribution in [3.05, 3.63) is 42.2 Å². The number of benzene rings is 1. The number of sulfonamides is 1. The van der Waals surface area contributed by atoms with E-state index in [1.54, 1.807) is 36.7 Å². The average Bonchev–Trinajstić information content (AvgIpc) is 3.15. The summed E-state index contributed by atoms with van der Waals surface area (Å²) in [7, 11) is -3.35. The van der Waals surface area contributed by atoms with E-state index in [9.17, 15) is 26.4 Å². The number of alkyl halides is 3. The van der Waals surface area contributed by atoms with Crippen LogP contribution < -0.4 is 15.4 Å². The molecule has 1 aliphatic carbocycles. The molecule has 0 unspecified atom stereocenters. The first-order valence-electron chi connectivity index (χ1n) is 10.6. The number of hydrogen-bond donors (Lipinski definition) is 3. The molecule has 34 heavy (non-hydrogen) atoms. The Morgan fingerprint density at radius 2 is 1.76 bits per heavy atom. The maximum atomic E-state index is 12.4. The van der Waals surface area contributed by atoms with Crippen molar-refractivity contribution < 1.29 is 31.1 Å². The first-order valence-corrected chi connectivity index (χ1v) is 12.5. The van der Waals surface area contributed by atoms with E-state index >= 15 is 0 Å². The highest BCUT2D eigenvalue weighted by Crippen LogP contribution is 2.35. The van der Waals surface area contributed by atoms with Crippen molar-refractivity contribution in [2.75, 3.05) is 16.3 Å². The predicted octanol–water partition coefficient (Wildman–Crippen LogP) is 4.29. The van der Waals surface area contributed by atoms with Crippen LogP contribution in [0.2, 0.25) is 0 Å². The lowest BCUT2D eigenvalue weighted by Crippen LogP contribution is -2.37. The molecular formula is C21H26F3N5O4S. The SMILES string of the molecule is C[C@@H](CC(F)(F)F)NC(=O)O[C@@H]1CC[C@H](c2cnc(Nc3ccc(NS(C)(=O)=O)cc3)nc2)C1. The zero-order valence-corrected chi connectivity index (χ0v) is 19.4. The highest BCUT2D eigenvalue weighted by atomic mass is 32.2. The number of alkyl carbamates (subject to hydrolysis) is 1. The van der Waals surface area contributed by atoms with Gasteiger partial charge in [-0.15, -0.1) is 0 Å². The van der Waals surface area contributed by atoms with Crippen molar-refractivity contribution in [3.8, 4) is 0 Å². The normalized spacial score (nSPS) is 19.3. The van der Waals surface area contributed by atoms with Crippen LogP contribution in [0.25, 0.3) is 0 Å². The Morgan fingerprint density at radius 3 is 2.35 bits per heavy atom. The molecule has 1 aromatic carbocycles. The maximum Gasteiger partial charge on any atom is 0.407 e. The van der Waals surface area contributed by atoms with Crippen molar-refractivity contribution in [1.82, 2.24) is 15.3 Å². The molecule has 1 saturated carbocycles. The topological polar surface area (TPSA) is 122 Å². The summed E-state index contributed by atoms with van der Waals surface area (Å²) in [6.45, 7) is 1.28. The minimum atomic E-state index is -4.36. The summed E-state index contributed by atoms with van der Waals surface area (Å²) in [6.07, 6.45) is -0.426. The molecule has 3 rings (SSSR count). The lowest BCUT2D eigenvalue weighted by Gasteiger charge is -2.18. The van der Waals surface area contributed by atoms with Gasteiger partial charge in [-0.1, -0.05) is 0 Å². The molecule has 0 bridgehead atoms. The Morgan fingerprint density at radius 1 is 1.15 bits per heavy atom. The second kappa shape index (κ2) is 10.5. The third-order valence-electron chi connectivity index (χ3n) is 5.15. The first kappa shape index (κ1) is 25.5. The van der Waals surface area contributed by atoms with Gasteiger partial charge in [-0.3, -0.25) is 4.72 Å². The molecule has 0 radical (unpaired) electrons. The van der Waals surface area contributed by atoms with E-state index in [2.05, 4.69) is 25.3 Å². The molecule has 1 heterocycles. The Balaban J connectivity index is 1.48. The zero-order valence-electron chi connectivity index (χ0n) is 18.6. The summed E-state index contributed by atoms with van der Waals surface area (Å²) in [5, 5.41) is 5.24. The quantitative estimate of drug-likeness (QED) is 0.493. The largest absolute Gasteiger partial charge is 0.446 e. The first-order chi connectivity index (χ1) is 15.9. The van der Waals surface area contributed by atoms with E-state index in [-0.39, 0.29) is 12.0 Å². The molecule has 0 aliphatic heterocycles. The number of carbonyl (C=O) groups is 1. The molecule has 1 aliphatic rings. The molecular weight excluding hydrogens is 475 g/mol. The number of nitrogens with one attached hydrogen (secondary N) is 3. The van der Waals surface area contributed by atoms with Crippen molar-refractivity contribution in [3.63, 3.8) is 0 Å². The van der Waals surface area contributed by atoms with Crippen molar-refractivity contribution >= 4 is 33.4 Å². The number of anilines is 3. The number of nitrogens with zero attached hydrogens (tertiary/aromatic N) is 2. The van der Waals surface area contributed by atoms with E-state index in [0.29, 0.717) is 30.2 Å². The standard InChI is InChI=1S/C21H26F3N5O4S/c1-13(10-21(22,23)24)27-20(30)33-18-8-3-14(9-18)15-11-25-19(26-12-15)28-16-4-6-17(7-5-16)29-34(2,31)32/h4-7,11-14,18,29H,3,8-10H2,1-2H3,(H,27,30)(H,25,26,28)/t13-,14-,18+/m0/s1. The van der Waals surface area contributed by atoms with Crippen molar-refractivity contribution in [2.45, 2.75) is 56.8 Å². The predicted molar refractivity (Wildman–Crippen MR) is 120 cm³/mol. The van der Waals surface area contributed by atoms with Crippen LogP contribution in [0.4, 0.5) is 35.3 Å². The average molecular weight is 502 g/mol. The number of ether oxygens (including phenoxy) is 1. The van der Waals surface area contributed by atoms with Crippen LogP contribution >= 0.6 is 0 Å². The number of carbonyl (C=O) groups excluding carboxylic acids is 1. The number of amides is 1. The molecule has 1 amide bonds. The van der Waals surface area contributed by atoms with E-state index in [4.69, 9.17) is 4.74 Å². The lowest BCUT2D eigenvalue weighted by atomic mass is 10.0. The zero-order chi connectivity index (χ0) is 24.9. The fraction of sp³-hybridized carbons (Fsp3) is 0.476. The summed E-state index contributed by atoms with van der Waals surface area (Å²) in [6, 6.07) is 5.52. The highest BCUT2D eigenvalue weighted by molar-refractivity contribution is 7.92. The van der Waals surface area contributed by atoms with Gasteiger partial charge in [0, 0.05) is 29.8 Å². The summed E-state index contributed by atoms with van der Waals surface area (Å²) >= 11 is 0. The third-order valence-corrected chi connectivity index (χ3v) is 5.75. The second-order valence-electron chi connectivity index (χ2n) is 8.32. The van der Waals surface area contributed by atoms with Crippen LogP contribution in [0.3, 0.4) is 0 Å². The van der Waals surface area contributed by atoms with E-state index in [1.807, 2.05) is 0 Å². The molecule has 9 nitrogen and oxygen atoms in total. The highest BCUT2D eigenvalue weighted by Gasteiger charge is 2.32. The fourth-order valence-corrected chi connectivity index (χ4v) is 4.28. The van der Waals surface area contributed by atoms with Crippen LogP contribution in [-0.2, 0) is 14.8 Å². The molecule has 0 saturated heterocycles. The fourth-order valence-electron chi connectivity index (χ4n) is 3.71. The lowest BCUT2D eigenvalue weighted by molar-refractivity contribution is -0.138. The van der Waals surface area contributed by atoms with Crippen molar-refractivity contribution in [1.29, 1.82) is 0 Å². The Labute approximate surface area is 195 Å². The van der Waals surface area contributed by atoms with Crippen LogP contribution in [0.5, 0.6) is 0 Å². The van der Waals surface area contributed by atoms with Crippen LogP contribution in [0.1, 0.15) is 44.1 Å². The second-order valence-corrected chi connectivity index (χ2v) is 10.1. The molecule has 13 heteroatoms. The van der Waals surface area contributed by atoms with Gasteiger partial charge < -0.3 is 15.4 Å². The van der Waals surface area contributed by atoms with E-state index in [0.717, 1.165) is 18.2 Å². The third kappa shape index (κ3) is 8.36. The van der Waals surface area contributed by atoms with Gasteiger partial charge in [-0.25, -0.2) is 23.2 Å². The summed E-state index contributed by atoms with van der Waals surface area (Å²) in [4.78, 5) is 20.5. The van der Waals surface area contributed by atoms with Gasteiger partial charge in [0.1, 0.15) is 6.10 Å².